The van der Waals surface area contributed by atoms with Crippen LogP contribution in [0.3, 0.4) is 0 Å². The van der Waals surface area contributed by atoms with Gasteiger partial charge in [0.25, 0.3) is 0 Å². The molecule has 0 unspecified atom stereocenters. The van der Waals surface area contributed by atoms with Gasteiger partial charge in [0.1, 0.15) is 5.75 Å². The molecule has 0 spiro atoms. The monoisotopic (exact) mass is 300 g/mol. The number of carbonyl (C=O) groups is 1. The van der Waals surface area contributed by atoms with Crippen molar-refractivity contribution >= 4 is 23.2 Å². The molecule has 0 atom stereocenters. The van der Waals surface area contributed by atoms with Gasteiger partial charge in [0.05, 0.1) is 18.9 Å². The predicted molar refractivity (Wildman–Crippen MR) is 88.0 cm³/mol. The van der Waals surface area contributed by atoms with Gasteiger partial charge >= 0.3 is 6.09 Å². The highest BCUT2D eigenvalue weighted by Crippen LogP contribution is 2.27. The summed E-state index contributed by atoms with van der Waals surface area (Å²) in [5, 5.41) is 5.95. The van der Waals surface area contributed by atoms with E-state index in [-0.39, 0.29) is 0 Å². The first kappa shape index (κ1) is 15.7. The molecule has 116 valence electrons. The van der Waals surface area contributed by atoms with Crippen LogP contribution in [-0.2, 0) is 4.74 Å². The number of amides is 1. The number of carbonyl (C=O) groups excluding carboxylic acids is 1. The average Bonchev–Trinajstić information content (AvgIpc) is 2.52. The van der Waals surface area contributed by atoms with Crippen molar-refractivity contribution in [2.45, 2.75) is 13.8 Å². The Kier molecular flexibility index (Phi) is 5.65. The average molecular weight is 300 g/mol. The highest BCUT2D eigenvalue weighted by molar-refractivity contribution is 5.85. The number of hydrogen-bond donors (Lipinski definition) is 2. The molecule has 2 aromatic rings. The maximum Gasteiger partial charge on any atom is 0.411 e. The molecule has 0 saturated carbocycles. The van der Waals surface area contributed by atoms with E-state index in [1.165, 1.54) is 0 Å². The third kappa shape index (κ3) is 4.41. The molecule has 5 nitrogen and oxygen atoms in total. The fourth-order valence-corrected chi connectivity index (χ4v) is 1.93. The second-order valence-corrected chi connectivity index (χ2v) is 4.48. The zero-order valence-corrected chi connectivity index (χ0v) is 12.8. The van der Waals surface area contributed by atoms with Crippen molar-refractivity contribution in [3.05, 3.63) is 48.5 Å². The van der Waals surface area contributed by atoms with E-state index in [9.17, 15) is 4.79 Å². The predicted octanol–water partition coefficient (Wildman–Crippen LogP) is 4.40. The minimum atomic E-state index is -0.454. The third-order valence-electron chi connectivity index (χ3n) is 2.87. The van der Waals surface area contributed by atoms with Crippen LogP contribution in [0.25, 0.3) is 0 Å². The Hall–Kier alpha value is -2.69. The summed E-state index contributed by atoms with van der Waals surface area (Å²) in [6.45, 7) is 4.68. The largest absolute Gasteiger partial charge is 0.492 e. The van der Waals surface area contributed by atoms with Gasteiger partial charge in [-0.25, -0.2) is 4.79 Å². The summed E-state index contributed by atoms with van der Waals surface area (Å²) in [6.07, 6.45) is -0.454. The summed E-state index contributed by atoms with van der Waals surface area (Å²) in [5.41, 5.74) is 2.49. The molecule has 0 aromatic heterocycles. The molecule has 0 fully saturated rings. The van der Waals surface area contributed by atoms with Gasteiger partial charge in [-0.15, -0.1) is 0 Å². The Morgan fingerprint density at radius 1 is 0.955 bits per heavy atom. The molecular weight excluding hydrogens is 280 g/mol. The van der Waals surface area contributed by atoms with Gasteiger partial charge in [-0.1, -0.05) is 12.1 Å². The minimum Gasteiger partial charge on any atom is -0.492 e. The summed E-state index contributed by atoms with van der Waals surface area (Å²) in [7, 11) is 0. The molecule has 0 radical (unpaired) electrons. The Morgan fingerprint density at radius 3 is 2.32 bits per heavy atom. The number of para-hydroxylation sites is 2. The summed E-state index contributed by atoms with van der Waals surface area (Å²) >= 11 is 0. The molecule has 2 N–H and O–H groups in total. The molecule has 2 rings (SSSR count). The van der Waals surface area contributed by atoms with Gasteiger partial charge in [-0.2, -0.15) is 0 Å². The van der Waals surface area contributed by atoms with E-state index in [4.69, 9.17) is 9.47 Å². The smallest absolute Gasteiger partial charge is 0.411 e. The van der Waals surface area contributed by atoms with Crippen LogP contribution in [0.15, 0.2) is 48.5 Å². The topological polar surface area (TPSA) is 59.6 Å². The quantitative estimate of drug-likeness (QED) is 0.830. The molecule has 0 aliphatic heterocycles. The first-order valence-corrected chi connectivity index (χ1v) is 7.25. The number of anilines is 3. The first-order valence-electron chi connectivity index (χ1n) is 7.25. The van der Waals surface area contributed by atoms with Crippen LogP contribution >= 0.6 is 0 Å². The van der Waals surface area contributed by atoms with Gasteiger partial charge in [-0.3, -0.25) is 5.32 Å². The number of nitrogens with one attached hydrogen (secondary N) is 2. The summed E-state index contributed by atoms with van der Waals surface area (Å²) in [5.74, 6) is 0.804. The van der Waals surface area contributed by atoms with Crippen LogP contribution in [0.4, 0.5) is 21.9 Å². The van der Waals surface area contributed by atoms with E-state index in [1.54, 1.807) is 6.92 Å². The van der Waals surface area contributed by atoms with Crippen LogP contribution in [0, 0.1) is 0 Å². The maximum atomic E-state index is 11.3. The fraction of sp³-hybridized carbons (Fsp3) is 0.235. The molecule has 22 heavy (non-hydrogen) atoms. The Labute approximate surface area is 130 Å². The normalized spacial score (nSPS) is 9.91. The zero-order valence-electron chi connectivity index (χ0n) is 12.8. The lowest BCUT2D eigenvalue weighted by atomic mass is 10.2. The van der Waals surface area contributed by atoms with Crippen molar-refractivity contribution in [2.24, 2.45) is 0 Å². The summed E-state index contributed by atoms with van der Waals surface area (Å²) < 4.78 is 10.4. The lowest BCUT2D eigenvalue weighted by Gasteiger charge is -2.12. The third-order valence-corrected chi connectivity index (χ3v) is 2.87. The Morgan fingerprint density at radius 2 is 1.64 bits per heavy atom. The highest BCUT2D eigenvalue weighted by Gasteiger charge is 2.04. The van der Waals surface area contributed by atoms with E-state index in [0.717, 1.165) is 17.1 Å². The Balaban J connectivity index is 2.04. The number of ether oxygens (including phenoxy) is 2. The first-order chi connectivity index (χ1) is 10.7. The molecule has 2 aromatic carbocycles. The molecule has 0 aliphatic rings. The molecule has 0 bridgehead atoms. The van der Waals surface area contributed by atoms with Crippen molar-refractivity contribution < 1.29 is 14.3 Å². The van der Waals surface area contributed by atoms with Crippen LogP contribution in [0.5, 0.6) is 5.75 Å². The van der Waals surface area contributed by atoms with Gasteiger partial charge in [-0.05, 0) is 50.2 Å². The molecule has 0 saturated heterocycles. The van der Waals surface area contributed by atoms with Crippen molar-refractivity contribution in [1.82, 2.24) is 0 Å². The van der Waals surface area contributed by atoms with E-state index in [2.05, 4.69) is 10.6 Å². The molecule has 5 heteroatoms. The van der Waals surface area contributed by atoms with Gasteiger partial charge in [0, 0.05) is 11.4 Å². The maximum absolute atomic E-state index is 11.3. The fourth-order valence-electron chi connectivity index (χ4n) is 1.93. The zero-order chi connectivity index (χ0) is 15.8. The highest BCUT2D eigenvalue weighted by atomic mass is 16.5. The number of hydrogen-bond acceptors (Lipinski definition) is 4. The summed E-state index contributed by atoms with van der Waals surface area (Å²) in [6, 6.07) is 15.1. The molecule has 1 amide bonds. The SMILES string of the molecule is CCOC(=O)Nc1ccc(Nc2ccccc2OCC)cc1. The lowest BCUT2D eigenvalue weighted by molar-refractivity contribution is 0.168. The molecule has 0 heterocycles. The van der Waals surface area contributed by atoms with Crippen LogP contribution in [-0.4, -0.2) is 19.3 Å². The van der Waals surface area contributed by atoms with E-state index < -0.39 is 6.09 Å². The van der Waals surface area contributed by atoms with Gasteiger partial charge in [0.15, 0.2) is 0 Å². The Bertz CT molecular complexity index is 612. The lowest BCUT2D eigenvalue weighted by Crippen LogP contribution is -2.13. The number of benzene rings is 2. The van der Waals surface area contributed by atoms with Crippen LogP contribution in [0.1, 0.15) is 13.8 Å². The van der Waals surface area contributed by atoms with Crippen LogP contribution in [0.2, 0.25) is 0 Å². The van der Waals surface area contributed by atoms with Crippen molar-refractivity contribution in [2.75, 3.05) is 23.8 Å². The standard InChI is InChI=1S/C17H20N2O3/c1-3-21-16-8-6-5-7-15(16)18-13-9-11-14(12-10-13)19-17(20)22-4-2/h5-12,18H,3-4H2,1-2H3,(H,19,20). The van der Waals surface area contributed by atoms with Crippen molar-refractivity contribution in [1.29, 1.82) is 0 Å². The van der Waals surface area contributed by atoms with Gasteiger partial charge in [0.2, 0.25) is 0 Å². The summed E-state index contributed by atoms with van der Waals surface area (Å²) in [4.78, 5) is 11.3. The minimum absolute atomic E-state index is 0.347. The second-order valence-electron chi connectivity index (χ2n) is 4.48. The molecule has 0 aliphatic carbocycles. The van der Waals surface area contributed by atoms with Gasteiger partial charge < -0.3 is 14.8 Å². The van der Waals surface area contributed by atoms with Crippen molar-refractivity contribution in [3.8, 4) is 5.75 Å². The molecular formula is C17H20N2O3. The second kappa shape index (κ2) is 7.93. The number of rotatable bonds is 6. The van der Waals surface area contributed by atoms with E-state index >= 15 is 0 Å². The van der Waals surface area contributed by atoms with E-state index in [0.29, 0.717) is 18.9 Å². The van der Waals surface area contributed by atoms with Crippen molar-refractivity contribution in [3.63, 3.8) is 0 Å². The van der Waals surface area contributed by atoms with Crippen LogP contribution < -0.4 is 15.4 Å². The van der Waals surface area contributed by atoms with E-state index in [1.807, 2.05) is 55.5 Å².